The number of nitrogens with one attached hydrogen (secondary N) is 1. The van der Waals surface area contributed by atoms with Crippen LogP contribution in [0.3, 0.4) is 0 Å². The lowest BCUT2D eigenvalue weighted by Gasteiger charge is -2.32. The average molecular weight is 336 g/mol. The number of aryl methyl sites for hydroxylation is 2. The van der Waals surface area contributed by atoms with Crippen LogP contribution in [-0.2, 0) is 0 Å². The standard InChI is InChI=1S/C17H22F2N4O/c1-10-8-11(2)23-15(21-10)14(9-20-23)16(24)22-12(3)13-4-6-17(18,19)7-5-13/h8-9,12-13H,4-7H2,1-3H3,(H,22,24). The summed E-state index contributed by atoms with van der Waals surface area (Å²) in [6.07, 6.45) is 2.16. The molecule has 0 spiro atoms. The first kappa shape index (κ1) is 16.8. The van der Waals surface area contributed by atoms with E-state index in [2.05, 4.69) is 15.4 Å². The van der Waals surface area contributed by atoms with Gasteiger partial charge in [-0.05, 0) is 45.6 Å². The van der Waals surface area contributed by atoms with Gasteiger partial charge >= 0.3 is 0 Å². The summed E-state index contributed by atoms with van der Waals surface area (Å²) in [5.74, 6) is -2.74. The summed E-state index contributed by atoms with van der Waals surface area (Å²) < 4.78 is 28.2. The van der Waals surface area contributed by atoms with Crippen LogP contribution in [0, 0.1) is 19.8 Å². The van der Waals surface area contributed by atoms with E-state index in [9.17, 15) is 13.6 Å². The molecule has 2 aromatic rings. The van der Waals surface area contributed by atoms with Crippen LogP contribution in [0.4, 0.5) is 8.78 Å². The van der Waals surface area contributed by atoms with Crippen molar-refractivity contribution in [3.05, 3.63) is 29.2 Å². The molecule has 0 aliphatic heterocycles. The number of aromatic nitrogens is 3. The van der Waals surface area contributed by atoms with Gasteiger partial charge in [-0.2, -0.15) is 5.10 Å². The molecule has 7 heteroatoms. The van der Waals surface area contributed by atoms with Crippen molar-refractivity contribution in [2.45, 2.75) is 58.4 Å². The molecule has 0 aromatic carbocycles. The highest BCUT2D eigenvalue weighted by molar-refractivity contribution is 5.99. The minimum atomic E-state index is -2.55. The Labute approximate surface area is 139 Å². The Morgan fingerprint density at radius 3 is 2.71 bits per heavy atom. The fourth-order valence-electron chi connectivity index (χ4n) is 3.40. The Kier molecular flexibility index (Phi) is 4.27. The highest BCUT2D eigenvalue weighted by Crippen LogP contribution is 2.37. The Hall–Kier alpha value is -2.05. The lowest BCUT2D eigenvalue weighted by molar-refractivity contribution is -0.0485. The molecular weight excluding hydrogens is 314 g/mol. The van der Waals surface area contributed by atoms with Crippen molar-refractivity contribution in [1.82, 2.24) is 19.9 Å². The summed E-state index contributed by atoms with van der Waals surface area (Å²) in [6, 6.07) is 1.74. The number of halogens is 2. The summed E-state index contributed by atoms with van der Waals surface area (Å²) in [6.45, 7) is 5.65. The summed E-state index contributed by atoms with van der Waals surface area (Å²) in [5, 5.41) is 7.15. The molecule has 1 saturated carbocycles. The first-order valence-electron chi connectivity index (χ1n) is 8.27. The first-order valence-corrected chi connectivity index (χ1v) is 8.27. The number of carbonyl (C=O) groups excluding carboxylic acids is 1. The maximum atomic E-state index is 13.3. The molecule has 2 heterocycles. The van der Waals surface area contributed by atoms with Crippen LogP contribution in [-0.4, -0.2) is 32.5 Å². The molecule has 5 nitrogen and oxygen atoms in total. The quantitative estimate of drug-likeness (QED) is 0.936. The molecule has 1 unspecified atom stereocenters. The second-order valence-corrected chi connectivity index (χ2v) is 6.79. The highest BCUT2D eigenvalue weighted by atomic mass is 19.3. The number of rotatable bonds is 3. The Bertz CT molecular complexity index is 761. The second kappa shape index (κ2) is 6.11. The molecule has 1 N–H and O–H groups in total. The monoisotopic (exact) mass is 336 g/mol. The van der Waals surface area contributed by atoms with E-state index in [1.807, 2.05) is 26.8 Å². The highest BCUT2D eigenvalue weighted by Gasteiger charge is 2.37. The fraction of sp³-hybridized carbons (Fsp3) is 0.588. The van der Waals surface area contributed by atoms with Crippen molar-refractivity contribution in [3.63, 3.8) is 0 Å². The topological polar surface area (TPSA) is 59.3 Å². The molecule has 130 valence electrons. The molecule has 0 bridgehead atoms. The molecule has 3 rings (SSSR count). The third-order valence-corrected chi connectivity index (χ3v) is 4.85. The normalized spacial score (nSPS) is 19.4. The second-order valence-electron chi connectivity index (χ2n) is 6.79. The summed E-state index contributed by atoms with van der Waals surface area (Å²) in [5.41, 5.74) is 2.65. The smallest absolute Gasteiger partial charge is 0.256 e. The minimum absolute atomic E-state index is 0.0758. The van der Waals surface area contributed by atoms with Gasteiger partial charge in [-0.25, -0.2) is 18.3 Å². The van der Waals surface area contributed by atoms with Crippen molar-refractivity contribution in [3.8, 4) is 0 Å². The van der Waals surface area contributed by atoms with Gasteiger partial charge in [0.15, 0.2) is 5.65 Å². The van der Waals surface area contributed by atoms with Crippen LogP contribution in [0.15, 0.2) is 12.3 Å². The van der Waals surface area contributed by atoms with Gasteiger partial charge in [-0.15, -0.1) is 0 Å². The number of nitrogens with zero attached hydrogens (tertiary/aromatic N) is 3. The van der Waals surface area contributed by atoms with E-state index in [1.165, 1.54) is 6.20 Å². The number of amides is 1. The minimum Gasteiger partial charge on any atom is -0.349 e. The van der Waals surface area contributed by atoms with E-state index in [1.54, 1.807) is 4.52 Å². The van der Waals surface area contributed by atoms with Crippen molar-refractivity contribution in [2.24, 2.45) is 5.92 Å². The van der Waals surface area contributed by atoms with Crippen molar-refractivity contribution in [2.75, 3.05) is 0 Å². The van der Waals surface area contributed by atoms with Crippen molar-refractivity contribution >= 4 is 11.6 Å². The molecular formula is C17H22F2N4O. The van der Waals surface area contributed by atoms with E-state index in [0.29, 0.717) is 24.1 Å². The number of hydrogen-bond donors (Lipinski definition) is 1. The van der Waals surface area contributed by atoms with Crippen LogP contribution in [0.25, 0.3) is 5.65 Å². The third kappa shape index (κ3) is 3.25. The van der Waals surface area contributed by atoms with Gasteiger partial charge < -0.3 is 5.32 Å². The van der Waals surface area contributed by atoms with Crippen molar-refractivity contribution in [1.29, 1.82) is 0 Å². The molecule has 0 radical (unpaired) electrons. The number of hydrogen-bond acceptors (Lipinski definition) is 3. The predicted octanol–water partition coefficient (Wildman–Crippen LogP) is 3.29. The van der Waals surface area contributed by atoms with Crippen LogP contribution in [0.5, 0.6) is 0 Å². The number of carbonyl (C=O) groups is 1. The largest absolute Gasteiger partial charge is 0.349 e. The summed E-state index contributed by atoms with van der Waals surface area (Å²) in [4.78, 5) is 17.0. The lowest BCUT2D eigenvalue weighted by Crippen LogP contribution is -2.41. The van der Waals surface area contributed by atoms with Gasteiger partial charge in [-0.1, -0.05) is 0 Å². The average Bonchev–Trinajstić information content (AvgIpc) is 2.91. The molecule has 24 heavy (non-hydrogen) atoms. The van der Waals surface area contributed by atoms with Gasteiger partial charge in [-0.3, -0.25) is 4.79 Å². The zero-order valence-electron chi connectivity index (χ0n) is 14.1. The predicted molar refractivity (Wildman–Crippen MR) is 86.3 cm³/mol. The molecule has 1 aliphatic rings. The van der Waals surface area contributed by atoms with Gasteiger partial charge in [0.25, 0.3) is 5.91 Å². The number of fused-ring (bicyclic) bond motifs is 1. The van der Waals surface area contributed by atoms with Crippen molar-refractivity contribution < 1.29 is 13.6 Å². The van der Waals surface area contributed by atoms with Crippen LogP contribution >= 0.6 is 0 Å². The van der Waals surface area contributed by atoms with E-state index in [-0.39, 0.29) is 30.7 Å². The van der Waals surface area contributed by atoms with E-state index >= 15 is 0 Å². The maximum absolute atomic E-state index is 13.3. The number of alkyl halides is 2. The van der Waals surface area contributed by atoms with E-state index in [0.717, 1.165) is 11.4 Å². The molecule has 1 amide bonds. The Balaban J connectivity index is 1.73. The van der Waals surface area contributed by atoms with Gasteiger partial charge in [0.05, 0.1) is 6.20 Å². The van der Waals surface area contributed by atoms with Gasteiger partial charge in [0.2, 0.25) is 5.92 Å². The molecule has 1 fully saturated rings. The van der Waals surface area contributed by atoms with E-state index in [4.69, 9.17) is 0 Å². The fourth-order valence-corrected chi connectivity index (χ4v) is 3.40. The SMILES string of the molecule is Cc1cc(C)n2ncc(C(=O)NC(C)C3CCC(F)(F)CC3)c2n1. The summed E-state index contributed by atoms with van der Waals surface area (Å²) in [7, 11) is 0. The molecule has 1 atom stereocenters. The first-order chi connectivity index (χ1) is 11.3. The Morgan fingerprint density at radius 1 is 1.38 bits per heavy atom. The van der Waals surface area contributed by atoms with Gasteiger partial charge in [0.1, 0.15) is 5.56 Å². The summed E-state index contributed by atoms with van der Waals surface area (Å²) >= 11 is 0. The van der Waals surface area contributed by atoms with Crippen LogP contribution in [0.2, 0.25) is 0 Å². The third-order valence-electron chi connectivity index (χ3n) is 4.85. The maximum Gasteiger partial charge on any atom is 0.256 e. The Morgan fingerprint density at radius 2 is 2.04 bits per heavy atom. The zero-order valence-corrected chi connectivity index (χ0v) is 14.1. The van der Waals surface area contributed by atoms with E-state index < -0.39 is 5.92 Å². The molecule has 2 aromatic heterocycles. The van der Waals surface area contributed by atoms with Gasteiger partial charge in [0, 0.05) is 30.3 Å². The van der Waals surface area contributed by atoms with Crippen LogP contribution < -0.4 is 5.32 Å². The molecule has 1 aliphatic carbocycles. The molecule has 0 saturated heterocycles. The lowest BCUT2D eigenvalue weighted by atomic mass is 9.82. The van der Waals surface area contributed by atoms with Crippen LogP contribution in [0.1, 0.15) is 54.4 Å². The zero-order chi connectivity index (χ0) is 17.5.